The van der Waals surface area contributed by atoms with Crippen LogP contribution in [0.3, 0.4) is 0 Å². The molecule has 230 valence electrons. The van der Waals surface area contributed by atoms with Crippen molar-refractivity contribution in [2.45, 2.75) is 13.0 Å². The second-order valence-corrected chi connectivity index (χ2v) is 11.0. The number of methoxy groups -OCH3 is 3. The molecular formula is C34H29ClN2O7S. The molecule has 0 bridgehead atoms. The van der Waals surface area contributed by atoms with Gasteiger partial charge in [-0.2, -0.15) is 0 Å². The first-order valence-corrected chi connectivity index (χ1v) is 15.0. The molecule has 0 saturated carbocycles. The predicted molar refractivity (Wildman–Crippen MR) is 173 cm³/mol. The Balaban J connectivity index is 1.80. The van der Waals surface area contributed by atoms with Crippen molar-refractivity contribution in [2.24, 2.45) is 4.99 Å². The molecule has 1 aromatic heterocycles. The van der Waals surface area contributed by atoms with Gasteiger partial charge < -0.3 is 23.7 Å². The summed E-state index contributed by atoms with van der Waals surface area (Å²) in [5.74, 6) is 3.41. The minimum atomic E-state index is -0.893. The number of esters is 1. The molecule has 3 aromatic carbocycles. The van der Waals surface area contributed by atoms with Crippen LogP contribution < -0.4 is 33.8 Å². The Hall–Kier alpha value is -4.98. The van der Waals surface area contributed by atoms with Crippen LogP contribution in [0.15, 0.2) is 76.0 Å². The first-order chi connectivity index (χ1) is 21.8. The number of terminal acetylenes is 1. The Morgan fingerprint density at radius 1 is 1.04 bits per heavy atom. The van der Waals surface area contributed by atoms with Crippen LogP contribution in [0, 0.1) is 12.3 Å². The molecule has 1 aliphatic rings. The van der Waals surface area contributed by atoms with Crippen molar-refractivity contribution in [3.05, 3.63) is 108 Å². The van der Waals surface area contributed by atoms with Gasteiger partial charge in [-0.15, -0.1) is 6.42 Å². The van der Waals surface area contributed by atoms with E-state index in [9.17, 15) is 9.59 Å². The number of thiazole rings is 1. The molecular weight excluding hydrogens is 616 g/mol. The van der Waals surface area contributed by atoms with Crippen molar-refractivity contribution >= 4 is 40.7 Å². The van der Waals surface area contributed by atoms with Crippen molar-refractivity contribution in [1.82, 2.24) is 4.57 Å². The van der Waals surface area contributed by atoms with E-state index in [1.54, 1.807) is 43.3 Å². The first-order valence-electron chi connectivity index (χ1n) is 13.8. The van der Waals surface area contributed by atoms with Crippen LogP contribution in [-0.2, 0) is 9.53 Å². The Morgan fingerprint density at radius 3 is 2.44 bits per heavy atom. The van der Waals surface area contributed by atoms with Crippen LogP contribution in [-0.4, -0.2) is 45.1 Å². The third-order valence-corrected chi connectivity index (χ3v) is 8.21. The monoisotopic (exact) mass is 644 g/mol. The van der Waals surface area contributed by atoms with Gasteiger partial charge in [0.15, 0.2) is 27.8 Å². The lowest BCUT2D eigenvalue weighted by molar-refractivity contribution is -0.138. The molecule has 0 aliphatic carbocycles. The summed E-state index contributed by atoms with van der Waals surface area (Å²) in [6, 6.07) is 17.0. The topological polar surface area (TPSA) is 97.6 Å². The second-order valence-electron chi connectivity index (χ2n) is 9.57. The molecule has 5 rings (SSSR count). The SMILES string of the molecule is C#CCOc1c(Cl)cc(/C=c2\sc3n(c2=O)[C@@H](c2ccc(OC)c(OC)c2)C(C(=O)OCC)=C(c2ccccc2)N=3)cc1OC. The van der Waals surface area contributed by atoms with E-state index in [0.717, 1.165) is 0 Å². The third kappa shape index (κ3) is 6.18. The van der Waals surface area contributed by atoms with E-state index >= 15 is 0 Å². The van der Waals surface area contributed by atoms with E-state index in [0.29, 0.717) is 54.7 Å². The van der Waals surface area contributed by atoms with Gasteiger partial charge in [0, 0.05) is 5.56 Å². The van der Waals surface area contributed by atoms with Crippen LogP contribution >= 0.6 is 22.9 Å². The van der Waals surface area contributed by atoms with Gasteiger partial charge in [0.2, 0.25) is 0 Å². The average molecular weight is 645 g/mol. The van der Waals surface area contributed by atoms with E-state index in [-0.39, 0.29) is 29.4 Å². The van der Waals surface area contributed by atoms with E-state index in [1.807, 2.05) is 30.3 Å². The summed E-state index contributed by atoms with van der Waals surface area (Å²) < 4.78 is 29.4. The lowest BCUT2D eigenvalue weighted by Crippen LogP contribution is -2.40. The molecule has 0 radical (unpaired) electrons. The quantitative estimate of drug-likeness (QED) is 0.184. The van der Waals surface area contributed by atoms with Gasteiger partial charge in [0.1, 0.15) is 6.61 Å². The highest BCUT2D eigenvalue weighted by Crippen LogP contribution is 2.39. The van der Waals surface area contributed by atoms with Crippen LogP contribution in [0.5, 0.6) is 23.0 Å². The van der Waals surface area contributed by atoms with Gasteiger partial charge in [-0.1, -0.05) is 65.3 Å². The molecule has 2 heterocycles. The van der Waals surface area contributed by atoms with E-state index in [4.69, 9.17) is 46.7 Å². The zero-order valence-corrected chi connectivity index (χ0v) is 26.5. The number of carbonyl (C=O) groups is 1. The Labute approximate surface area is 268 Å². The number of fused-ring (bicyclic) bond motifs is 1. The van der Waals surface area contributed by atoms with Gasteiger partial charge in [0.25, 0.3) is 5.56 Å². The molecule has 0 fully saturated rings. The highest BCUT2D eigenvalue weighted by Gasteiger charge is 2.35. The molecule has 0 saturated heterocycles. The van der Waals surface area contributed by atoms with Crippen LogP contribution in [0.25, 0.3) is 11.8 Å². The maximum absolute atomic E-state index is 14.2. The summed E-state index contributed by atoms with van der Waals surface area (Å²) in [6.07, 6.45) is 7.02. The van der Waals surface area contributed by atoms with Crippen LogP contribution in [0.4, 0.5) is 0 Å². The van der Waals surface area contributed by atoms with Crippen LogP contribution in [0.1, 0.15) is 29.7 Å². The average Bonchev–Trinajstić information content (AvgIpc) is 3.37. The standard InChI is InChI=1S/C34H29ClN2O7S/c1-6-15-44-31-23(35)16-20(17-26(31)42-5)18-27-32(38)37-30(22-13-14-24(40-3)25(19-22)41-4)28(33(39)43-7-2)29(36-34(37)45-27)21-11-9-8-10-12-21/h1,8-14,16-19,30H,7,15H2,2-5H3/b27-18-/t30-/m0/s1. The summed E-state index contributed by atoms with van der Waals surface area (Å²) in [5, 5.41) is 0.266. The molecule has 11 heteroatoms. The molecule has 4 aromatic rings. The Morgan fingerprint density at radius 2 is 1.78 bits per heavy atom. The fourth-order valence-corrected chi connectivity index (χ4v) is 6.28. The van der Waals surface area contributed by atoms with Crippen molar-refractivity contribution in [1.29, 1.82) is 0 Å². The molecule has 0 amide bonds. The largest absolute Gasteiger partial charge is 0.493 e. The minimum Gasteiger partial charge on any atom is -0.493 e. The number of ether oxygens (including phenoxy) is 5. The van der Waals surface area contributed by atoms with Gasteiger partial charge in [-0.25, -0.2) is 9.79 Å². The van der Waals surface area contributed by atoms with E-state index < -0.39 is 12.0 Å². The lowest BCUT2D eigenvalue weighted by atomic mass is 9.93. The zero-order chi connectivity index (χ0) is 32.1. The maximum atomic E-state index is 14.2. The first kappa shape index (κ1) is 31.4. The van der Waals surface area contributed by atoms with Crippen molar-refractivity contribution < 1.29 is 28.5 Å². The highest BCUT2D eigenvalue weighted by atomic mass is 35.5. The summed E-state index contributed by atoms with van der Waals surface area (Å²) in [7, 11) is 4.54. The van der Waals surface area contributed by atoms with Gasteiger partial charge >= 0.3 is 5.97 Å². The normalized spacial score (nSPS) is 14.2. The smallest absolute Gasteiger partial charge is 0.338 e. The van der Waals surface area contributed by atoms with Crippen molar-refractivity contribution in [3.63, 3.8) is 0 Å². The summed E-state index contributed by atoms with van der Waals surface area (Å²) in [4.78, 5) is 33.2. The minimum absolute atomic E-state index is 0.0106. The molecule has 45 heavy (non-hydrogen) atoms. The predicted octanol–water partition coefficient (Wildman–Crippen LogP) is 4.63. The molecule has 0 spiro atoms. The number of benzene rings is 3. The number of halogens is 1. The molecule has 1 aliphatic heterocycles. The van der Waals surface area contributed by atoms with Crippen molar-refractivity contribution in [3.8, 4) is 35.3 Å². The maximum Gasteiger partial charge on any atom is 0.338 e. The summed E-state index contributed by atoms with van der Waals surface area (Å²) in [5.41, 5.74) is 2.14. The molecule has 9 nitrogen and oxygen atoms in total. The zero-order valence-electron chi connectivity index (χ0n) is 25.0. The molecule has 0 unspecified atom stereocenters. The Kier molecular flexibility index (Phi) is 9.62. The molecule has 1 atom stereocenters. The summed E-state index contributed by atoms with van der Waals surface area (Å²) >= 11 is 7.69. The molecule has 0 N–H and O–H groups in total. The number of hydrogen-bond donors (Lipinski definition) is 0. The fraction of sp³-hybridized carbons (Fsp3) is 0.206. The highest BCUT2D eigenvalue weighted by molar-refractivity contribution is 7.07. The van der Waals surface area contributed by atoms with Gasteiger partial charge in [-0.05, 0) is 48.4 Å². The van der Waals surface area contributed by atoms with Crippen molar-refractivity contribution in [2.75, 3.05) is 34.5 Å². The number of hydrogen-bond acceptors (Lipinski definition) is 9. The number of nitrogens with zero attached hydrogens (tertiary/aromatic N) is 2. The van der Waals surface area contributed by atoms with Gasteiger partial charge in [-0.3, -0.25) is 9.36 Å². The number of aromatic nitrogens is 1. The third-order valence-electron chi connectivity index (χ3n) is 6.95. The van der Waals surface area contributed by atoms with E-state index in [2.05, 4.69) is 5.92 Å². The number of rotatable bonds is 10. The Bertz CT molecular complexity index is 2010. The van der Waals surface area contributed by atoms with E-state index in [1.165, 1.54) is 37.2 Å². The van der Waals surface area contributed by atoms with Gasteiger partial charge in [0.05, 0.1) is 54.8 Å². The lowest BCUT2D eigenvalue weighted by Gasteiger charge is -2.26. The fourth-order valence-electron chi connectivity index (χ4n) is 5.01. The van der Waals surface area contributed by atoms with Crippen LogP contribution in [0.2, 0.25) is 5.02 Å². The second kappa shape index (κ2) is 13.8. The number of carbonyl (C=O) groups excluding carboxylic acids is 1. The summed E-state index contributed by atoms with van der Waals surface area (Å²) in [6.45, 7) is 1.87.